The second-order valence-electron chi connectivity index (χ2n) is 8.24. The maximum Gasteiger partial charge on any atom is 0.375 e. The van der Waals surface area contributed by atoms with Crippen LogP contribution < -0.4 is 0 Å². The molecule has 0 aromatic carbocycles. The number of Topliss-reactive ketones (excluding diaryl/α,β-unsaturated/α-hetero) is 2. The number of hydrogen-bond donors (Lipinski definition) is 0. The lowest BCUT2D eigenvalue weighted by Gasteiger charge is -2.25. The van der Waals surface area contributed by atoms with Crippen molar-refractivity contribution in [1.29, 1.82) is 0 Å². The highest BCUT2D eigenvalue weighted by molar-refractivity contribution is 6.76. The number of ketones is 2. The first-order valence-electron chi connectivity index (χ1n) is 9.55. The molecule has 1 aromatic heterocycles. The zero-order valence-corrected chi connectivity index (χ0v) is 17.7. The van der Waals surface area contributed by atoms with Gasteiger partial charge in [-0.25, -0.2) is 9.48 Å². The van der Waals surface area contributed by atoms with Crippen molar-refractivity contribution in [3.63, 3.8) is 0 Å². The predicted octanol–water partition coefficient (Wildman–Crippen LogP) is 2.78. The minimum Gasteiger partial charge on any atom is -0.460 e. The van der Waals surface area contributed by atoms with E-state index in [1.807, 2.05) is 6.20 Å². The van der Waals surface area contributed by atoms with E-state index in [0.29, 0.717) is 26.0 Å². The van der Waals surface area contributed by atoms with Crippen LogP contribution in [0.4, 0.5) is 0 Å². The van der Waals surface area contributed by atoms with Gasteiger partial charge in [0.25, 0.3) is 0 Å². The van der Waals surface area contributed by atoms with Gasteiger partial charge in [-0.2, -0.15) is 5.10 Å². The molecule has 0 spiro atoms. The molecule has 0 saturated heterocycles. The van der Waals surface area contributed by atoms with Crippen LogP contribution in [0.5, 0.6) is 0 Å². The van der Waals surface area contributed by atoms with E-state index in [9.17, 15) is 14.4 Å². The molecule has 1 saturated carbocycles. The first kappa shape index (κ1) is 21.5. The molecule has 8 heteroatoms. The minimum absolute atomic E-state index is 0.0295. The molecule has 27 heavy (non-hydrogen) atoms. The topological polar surface area (TPSA) is 87.5 Å². The van der Waals surface area contributed by atoms with Gasteiger partial charge in [-0.3, -0.25) is 9.59 Å². The lowest BCUT2D eigenvalue weighted by Crippen LogP contribution is -2.35. The normalized spacial score (nSPS) is 20.5. The maximum absolute atomic E-state index is 12.2. The zero-order chi connectivity index (χ0) is 20.0. The minimum atomic E-state index is -1.11. The van der Waals surface area contributed by atoms with Gasteiger partial charge in [-0.15, -0.1) is 0 Å². The van der Waals surface area contributed by atoms with E-state index in [1.54, 1.807) is 17.8 Å². The van der Waals surface area contributed by atoms with Crippen LogP contribution in [0, 0.1) is 5.92 Å². The number of esters is 1. The van der Waals surface area contributed by atoms with Crippen molar-refractivity contribution in [3.8, 4) is 0 Å². The van der Waals surface area contributed by atoms with Gasteiger partial charge in [0.2, 0.25) is 5.78 Å². The van der Waals surface area contributed by atoms with Crippen LogP contribution >= 0.6 is 0 Å². The number of rotatable bonds is 9. The first-order valence-corrected chi connectivity index (χ1v) is 13.3. The van der Waals surface area contributed by atoms with Gasteiger partial charge in [-0.05, 0) is 37.3 Å². The van der Waals surface area contributed by atoms with Crippen LogP contribution in [0.3, 0.4) is 0 Å². The Morgan fingerprint density at radius 2 is 2.07 bits per heavy atom. The maximum atomic E-state index is 12.2. The van der Waals surface area contributed by atoms with Gasteiger partial charge in [0.1, 0.15) is 12.5 Å². The van der Waals surface area contributed by atoms with E-state index in [1.165, 1.54) is 0 Å². The Balaban J connectivity index is 1.92. The summed E-state index contributed by atoms with van der Waals surface area (Å²) in [6.45, 7) is 9.79. The Morgan fingerprint density at radius 3 is 2.74 bits per heavy atom. The molecule has 1 heterocycles. The molecular weight excluding hydrogens is 364 g/mol. The first-order chi connectivity index (χ1) is 12.7. The van der Waals surface area contributed by atoms with Crippen LogP contribution in [-0.2, 0) is 30.6 Å². The van der Waals surface area contributed by atoms with Crippen molar-refractivity contribution < 1.29 is 23.9 Å². The van der Waals surface area contributed by atoms with E-state index < -0.39 is 25.7 Å². The molecule has 0 radical (unpaired) electrons. The summed E-state index contributed by atoms with van der Waals surface area (Å²) in [7, 11) is -1.11. The predicted molar refractivity (Wildman–Crippen MR) is 103 cm³/mol. The summed E-state index contributed by atoms with van der Waals surface area (Å²) in [4.78, 5) is 36.0. The van der Waals surface area contributed by atoms with Gasteiger partial charge >= 0.3 is 5.97 Å². The number of aromatic nitrogens is 2. The second kappa shape index (κ2) is 9.41. The molecule has 1 fully saturated rings. The molecule has 2 unspecified atom stereocenters. The van der Waals surface area contributed by atoms with Crippen molar-refractivity contribution in [3.05, 3.63) is 18.0 Å². The molecule has 1 aliphatic carbocycles. The summed E-state index contributed by atoms with van der Waals surface area (Å²) in [6.07, 6.45) is 4.94. The molecule has 150 valence electrons. The molecule has 2 atom stereocenters. The van der Waals surface area contributed by atoms with Crippen molar-refractivity contribution in [1.82, 2.24) is 9.78 Å². The van der Waals surface area contributed by atoms with Gasteiger partial charge in [-0.1, -0.05) is 19.6 Å². The van der Waals surface area contributed by atoms with Crippen molar-refractivity contribution in [2.45, 2.75) is 64.5 Å². The van der Waals surface area contributed by atoms with Crippen molar-refractivity contribution in [2.75, 3.05) is 13.2 Å². The van der Waals surface area contributed by atoms with Crippen LogP contribution in [0.1, 0.15) is 37.7 Å². The summed E-state index contributed by atoms with van der Waals surface area (Å²) >= 11 is 0. The van der Waals surface area contributed by atoms with Gasteiger partial charge in [0.15, 0.2) is 0 Å². The summed E-state index contributed by atoms with van der Waals surface area (Å²) < 4.78 is 12.2. The third-order valence-corrected chi connectivity index (χ3v) is 6.49. The summed E-state index contributed by atoms with van der Waals surface area (Å²) in [5, 5.41) is 4.32. The summed E-state index contributed by atoms with van der Waals surface area (Å²) in [6, 6.07) is 1.10. The highest BCUT2D eigenvalue weighted by Gasteiger charge is 2.38. The van der Waals surface area contributed by atoms with Crippen molar-refractivity contribution in [2.24, 2.45) is 5.92 Å². The van der Waals surface area contributed by atoms with Crippen LogP contribution in [-0.4, -0.2) is 48.6 Å². The number of carbonyl (C=O) groups excluding carboxylic acids is 3. The SMILES string of the molecule is CCOC(=O)C(=O)C1CC(c2cnn(COCC[Si](C)(C)C)c2)CCC1=O. The summed E-state index contributed by atoms with van der Waals surface area (Å²) in [5.41, 5.74) is 0.970. The average Bonchev–Trinajstić information content (AvgIpc) is 3.07. The fraction of sp³-hybridized carbons (Fsp3) is 0.684. The fourth-order valence-corrected chi connectivity index (χ4v) is 3.88. The molecule has 2 rings (SSSR count). The largest absolute Gasteiger partial charge is 0.460 e. The average molecular weight is 395 g/mol. The van der Waals surface area contributed by atoms with E-state index in [-0.39, 0.29) is 18.3 Å². The smallest absolute Gasteiger partial charge is 0.375 e. The lowest BCUT2D eigenvalue weighted by molar-refractivity contribution is -0.157. The Morgan fingerprint density at radius 1 is 1.33 bits per heavy atom. The molecule has 0 amide bonds. The van der Waals surface area contributed by atoms with Gasteiger partial charge in [0, 0.05) is 27.3 Å². The fourth-order valence-electron chi connectivity index (χ4n) is 3.12. The third-order valence-electron chi connectivity index (χ3n) is 4.79. The number of nitrogens with zero attached hydrogens (tertiary/aromatic N) is 2. The van der Waals surface area contributed by atoms with Crippen LogP contribution in [0.25, 0.3) is 0 Å². The van der Waals surface area contributed by atoms with Crippen molar-refractivity contribution >= 4 is 25.6 Å². The quantitative estimate of drug-likeness (QED) is 0.210. The monoisotopic (exact) mass is 394 g/mol. The highest BCUT2D eigenvalue weighted by Crippen LogP contribution is 2.34. The Bertz CT molecular complexity index is 680. The molecule has 0 N–H and O–H groups in total. The van der Waals surface area contributed by atoms with E-state index in [4.69, 9.17) is 9.47 Å². The lowest BCUT2D eigenvalue weighted by atomic mass is 9.76. The molecule has 7 nitrogen and oxygen atoms in total. The number of ether oxygens (including phenoxy) is 2. The zero-order valence-electron chi connectivity index (χ0n) is 16.7. The van der Waals surface area contributed by atoms with E-state index in [2.05, 4.69) is 24.7 Å². The molecular formula is C19H30N2O5Si. The van der Waals surface area contributed by atoms with Crippen LogP contribution in [0.2, 0.25) is 25.7 Å². The number of hydrogen-bond acceptors (Lipinski definition) is 6. The highest BCUT2D eigenvalue weighted by atomic mass is 28.3. The molecule has 1 aliphatic rings. The number of carbonyl (C=O) groups is 3. The van der Waals surface area contributed by atoms with Crippen LogP contribution in [0.15, 0.2) is 12.4 Å². The summed E-state index contributed by atoms with van der Waals surface area (Å²) in [5.74, 6) is -2.69. The molecule has 0 aliphatic heterocycles. The Kier molecular flexibility index (Phi) is 7.49. The Labute approximate surface area is 161 Å². The second-order valence-corrected chi connectivity index (χ2v) is 13.9. The third kappa shape index (κ3) is 6.39. The van der Waals surface area contributed by atoms with E-state index in [0.717, 1.165) is 18.2 Å². The van der Waals surface area contributed by atoms with E-state index >= 15 is 0 Å². The van der Waals surface area contributed by atoms with Gasteiger partial charge in [0.05, 0.1) is 18.7 Å². The Hall–Kier alpha value is -1.80. The standard InChI is InChI=1S/C19H30N2O5Si/c1-5-26-19(24)18(23)16-10-14(6-7-17(16)22)15-11-20-21(12-15)13-25-8-9-27(2,3)4/h11-12,14,16H,5-10,13H2,1-4H3. The van der Waals surface area contributed by atoms with Gasteiger partial charge < -0.3 is 9.47 Å². The molecule has 0 bridgehead atoms. The molecule has 1 aromatic rings.